The predicted octanol–water partition coefficient (Wildman–Crippen LogP) is 2.15. The van der Waals surface area contributed by atoms with Crippen molar-refractivity contribution in [2.75, 3.05) is 19.8 Å². The molecule has 1 atom stereocenters. The molecule has 0 N–H and O–H groups in total. The van der Waals surface area contributed by atoms with Crippen LogP contribution in [0.3, 0.4) is 0 Å². The maximum Gasteiger partial charge on any atom is 0.276 e. The summed E-state index contributed by atoms with van der Waals surface area (Å²) in [5.41, 5.74) is 1.57. The Morgan fingerprint density at radius 1 is 1.29 bits per heavy atom. The van der Waals surface area contributed by atoms with E-state index in [4.69, 9.17) is 9.26 Å². The minimum atomic E-state index is -0.0878. The molecule has 0 spiro atoms. The molecule has 0 radical (unpaired) electrons. The third-order valence-electron chi connectivity index (χ3n) is 3.75. The summed E-state index contributed by atoms with van der Waals surface area (Å²) in [7, 11) is 0. The number of nitrogens with zero attached hydrogens (tertiary/aromatic N) is 2. The highest BCUT2D eigenvalue weighted by Gasteiger charge is 2.29. The molecule has 1 fully saturated rings. The molecule has 1 amide bonds. The highest BCUT2D eigenvalue weighted by molar-refractivity contribution is 5.92. The van der Waals surface area contributed by atoms with Crippen LogP contribution in [0.25, 0.3) is 0 Å². The molecular weight excluding hydrogens is 268 g/mol. The number of rotatable bonds is 5. The minimum absolute atomic E-state index is 0.0878. The fourth-order valence-electron chi connectivity index (χ4n) is 2.58. The minimum Gasteiger partial charge on any atom is -0.379 e. The van der Waals surface area contributed by atoms with E-state index in [0.29, 0.717) is 25.5 Å². The fraction of sp³-hybridized carbons (Fsp3) is 0.375. The lowest BCUT2D eigenvalue weighted by molar-refractivity contribution is 0.0646. The zero-order chi connectivity index (χ0) is 14.5. The van der Waals surface area contributed by atoms with E-state index in [9.17, 15) is 4.79 Å². The largest absolute Gasteiger partial charge is 0.379 e. The monoisotopic (exact) mass is 286 g/mol. The van der Waals surface area contributed by atoms with Gasteiger partial charge in [-0.15, -0.1) is 0 Å². The number of hydrogen-bond acceptors (Lipinski definition) is 4. The second kappa shape index (κ2) is 6.54. The lowest BCUT2D eigenvalue weighted by Crippen LogP contribution is -2.42. The van der Waals surface area contributed by atoms with E-state index in [1.807, 2.05) is 23.1 Å². The Morgan fingerprint density at radius 3 is 2.81 bits per heavy atom. The highest BCUT2D eigenvalue weighted by Crippen LogP contribution is 2.16. The molecule has 0 saturated carbocycles. The Balaban J connectivity index is 1.71. The molecule has 1 saturated heterocycles. The number of amides is 1. The van der Waals surface area contributed by atoms with Crippen LogP contribution in [0.1, 0.15) is 22.5 Å². The Bertz CT molecular complexity index is 562. The molecule has 1 aromatic heterocycles. The molecule has 0 aliphatic carbocycles. The third-order valence-corrected chi connectivity index (χ3v) is 3.75. The fourth-order valence-corrected chi connectivity index (χ4v) is 2.58. The summed E-state index contributed by atoms with van der Waals surface area (Å²) in [6.45, 7) is 1.96. The quantitative estimate of drug-likeness (QED) is 0.845. The molecule has 110 valence electrons. The van der Waals surface area contributed by atoms with Crippen molar-refractivity contribution >= 4 is 5.91 Å². The number of carbonyl (C=O) groups is 1. The van der Waals surface area contributed by atoms with Crippen molar-refractivity contribution < 1.29 is 14.1 Å². The van der Waals surface area contributed by atoms with Crippen molar-refractivity contribution in [3.8, 4) is 0 Å². The van der Waals surface area contributed by atoms with E-state index in [1.54, 1.807) is 6.07 Å². The average Bonchev–Trinajstić information content (AvgIpc) is 3.22. The summed E-state index contributed by atoms with van der Waals surface area (Å²) < 4.78 is 10.2. The Kier molecular flexibility index (Phi) is 4.31. The van der Waals surface area contributed by atoms with E-state index >= 15 is 0 Å². The molecule has 3 rings (SSSR count). The van der Waals surface area contributed by atoms with Gasteiger partial charge in [0.15, 0.2) is 5.69 Å². The molecule has 5 heteroatoms. The zero-order valence-electron chi connectivity index (χ0n) is 11.8. The van der Waals surface area contributed by atoms with E-state index in [-0.39, 0.29) is 11.9 Å². The van der Waals surface area contributed by atoms with Crippen LogP contribution in [0.4, 0.5) is 0 Å². The first-order valence-electron chi connectivity index (χ1n) is 7.17. The molecule has 1 aliphatic heterocycles. The van der Waals surface area contributed by atoms with Gasteiger partial charge in [0.1, 0.15) is 6.26 Å². The average molecular weight is 286 g/mol. The van der Waals surface area contributed by atoms with Crippen LogP contribution in [0, 0.1) is 0 Å². The van der Waals surface area contributed by atoms with E-state index < -0.39 is 0 Å². The van der Waals surface area contributed by atoms with Crippen LogP contribution >= 0.6 is 0 Å². The number of ether oxygens (including phenoxy) is 1. The topological polar surface area (TPSA) is 55.6 Å². The summed E-state index contributed by atoms with van der Waals surface area (Å²) in [6, 6.07) is 11.9. The number of aromatic nitrogens is 1. The van der Waals surface area contributed by atoms with Gasteiger partial charge in [-0.25, -0.2) is 0 Å². The lowest BCUT2D eigenvalue weighted by atomic mass is 10.1. The van der Waals surface area contributed by atoms with Crippen molar-refractivity contribution in [2.45, 2.75) is 18.9 Å². The van der Waals surface area contributed by atoms with Gasteiger partial charge in [0.25, 0.3) is 5.91 Å². The van der Waals surface area contributed by atoms with Gasteiger partial charge in [-0.1, -0.05) is 35.5 Å². The zero-order valence-corrected chi connectivity index (χ0v) is 11.8. The SMILES string of the molecule is O=C(c1ccon1)N(CCc1ccccc1)[C@H]1CCOC1. The maximum atomic E-state index is 12.6. The normalized spacial score (nSPS) is 17.8. The van der Waals surface area contributed by atoms with Crippen molar-refractivity contribution in [1.82, 2.24) is 10.1 Å². The summed E-state index contributed by atoms with van der Waals surface area (Å²) in [5.74, 6) is -0.0878. The number of carbonyl (C=O) groups excluding carboxylic acids is 1. The van der Waals surface area contributed by atoms with Gasteiger partial charge < -0.3 is 14.2 Å². The number of benzene rings is 1. The molecule has 5 nitrogen and oxygen atoms in total. The summed E-state index contributed by atoms with van der Waals surface area (Å²) in [5, 5.41) is 3.76. The van der Waals surface area contributed by atoms with Gasteiger partial charge in [0, 0.05) is 19.2 Å². The van der Waals surface area contributed by atoms with Crippen LogP contribution in [-0.2, 0) is 11.2 Å². The van der Waals surface area contributed by atoms with Gasteiger partial charge in [-0.3, -0.25) is 4.79 Å². The number of hydrogen-bond donors (Lipinski definition) is 0. The van der Waals surface area contributed by atoms with Gasteiger partial charge in [0.05, 0.1) is 12.6 Å². The summed E-state index contributed by atoms with van der Waals surface area (Å²) >= 11 is 0. The lowest BCUT2D eigenvalue weighted by Gasteiger charge is -2.27. The molecule has 1 aromatic carbocycles. The van der Waals surface area contributed by atoms with E-state index in [0.717, 1.165) is 12.8 Å². The van der Waals surface area contributed by atoms with Crippen molar-refractivity contribution in [3.63, 3.8) is 0 Å². The summed E-state index contributed by atoms with van der Waals surface area (Å²) in [6.07, 6.45) is 3.12. The van der Waals surface area contributed by atoms with Crippen molar-refractivity contribution in [3.05, 3.63) is 53.9 Å². The van der Waals surface area contributed by atoms with Gasteiger partial charge in [0.2, 0.25) is 0 Å². The van der Waals surface area contributed by atoms with Crippen LogP contribution in [-0.4, -0.2) is 41.8 Å². The van der Waals surface area contributed by atoms with Gasteiger partial charge in [-0.05, 0) is 18.4 Å². The predicted molar refractivity (Wildman–Crippen MR) is 76.9 cm³/mol. The second-order valence-electron chi connectivity index (χ2n) is 5.14. The van der Waals surface area contributed by atoms with Gasteiger partial charge >= 0.3 is 0 Å². The first kappa shape index (κ1) is 13.8. The van der Waals surface area contributed by atoms with Crippen LogP contribution in [0.5, 0.6) is 0 Å². The maximum absolute atomic E-state index is 12.6. The molecule has 2 heterocycles. The third kappa shape index (κ3) is 3.31. The molecule has 0 bridgehead atoms. The first-order valence-corrected chi connectivity index (χ1v) is 7.17. The molecule has 1 aliphatic rings. The Hall–Kier alpha value is -2.14. The van der Waals surface area contributed by atoms with Crippen LogP contribution in [0.2, 0.25) is 0 Å². The van der Waals surface area contributed by atoms with Crippen molar-refractivity contribution in [2.24, 2.45) is 0 Å². The Morgan fingerprint density at radius 2 is 2.14 bits per heavy atom. The van der Waals surface area contributed by atoms with Crippen molar-refractivity contribution in [1.29, 1.82) is 0 Å². The molecule has 0 unspecified atom stereocenters. The van der Waals surface area contributed by atoms with Gasteiger partial charge in [-0.2, -0.15) is 0 Å². The first-order chi connectivity index (χ1) is 10.3. The van der Waals surface area contributed by atoms with Crippen LogP contribution < -0.4 is 0 Å². The smallest absolute Gasteiger partial charge is 0.276 e. The van der Waals surface area contributed by atoms with Crippen LogP contribution in [0.15, 0.2) is 47.2 Å². The van der Waals surface area contributed by atoms with E-state index in [2.05, 4.69) is 17.3 Å². The highest BCUT2D eigenvalue weighted by atomic mass is 16.5. The van der Waals surface area contributed by atoms with E-state index in [1.165, 1.54) is 11.8 Å². The molecule has 2 aromatic rings. The second-order valence-corrected chi connectivity index (χ2v) is 5.14. The molecule has 21 heavy (non-hydrogen) atoms. The standard InChI is InChI=1S/C16H18N2O3/c19-16(15-8-11-21-17-15)18(14-7-10-20-12-14)9-6-13-4-2-1-3-5-13/h1-5,8,11,14H,6-7,9-10,12H2/t14-/m0/s1. The summed E-state index contributed by atoms with van der Waals surface area (Å²) in [4.78, 5) is 14.4. The Labute approximate surface area is 123 Å². The molecular formula is C16H18N2O3.